The van der Waals surface area contributed by atoms with Crippen molar-refractivity contribution in [2.75, 3.05) is 13.2 Å². The summed E-state index contributed by atoms with van der Waals surface area (Å²) in [6, 6.07) is 0. The molecule has 0 bridgehead atoms. The third kappa shape index (κ3) is 2.65. The van der Waals surface area contributed by atoms with Crippen LogP contribution in [0.5, 0.6) is 0 Å². The first-order chi connectivity index (χ1) is 6.52. The van der Waals surface area contributed by atoms with Gasteiger partial charge in [0.25, 0.3) is 0 Å². The highest BCUT2D eigenvalue weighted by Crippen LogP contribution is 2.15. The largest absolute Gasteiger partial charge is 0.463 e. The number of hydrogen-bond acceptors (Lipinski definition) is 6. The number of carbonyl (C=O) groups is 1. The van der Waals surface area contributed by atoms with Crippen molar-refractivity contribution in [3.05, 3.63) is 0 Å². The van der Waals surface area contributed by atoms with Crippen LogP contribution >= 0.6 is 0 Å². The molecule has 0 spiro atoms. The molecule has 6 heteroatoms. The average Bonchev–Trinajstić information content (AvgIpc) is 2.13. The molecule has 3 N–H and O–H groups in total. The SMILES string of the molecule is CC(=O)OC[C@H]1OC[C@H](O)[C@@H](O)[C@@H]1O. The molecule has 1 aliphatic heterocycles. The number of esters is 1. The Labute approximate surface area is 81.1 Å². The van der Waals surface area contributed by atoms with Crippen LogP contribution in [0.3, 0.4) is 0 Å². The summed E-state index contributed by atoms with van der Waals surface area (Å²) in [7, 11) is 0. The molecule has 14 heavy (non-hydrogen) atoms. The maximum absolute atomic E-state index is 10.5. The first-order valence-electron chi connectivity index (χ1n) is 4.31. The lowest BCUT2D eigenvalue weighted by atomic mass is 10.0. The number of aliphatic hydroxyl groups is 3. The normalized spacial score (nSPS) is 38.0. The Hall–Kier alpha value is -0.690. The van der Waals surface area contributed by atoms with Gasteiger partial charge in [0.15, 0.2) is 0 Å². The van der Waals surface area contributed by atoms with Gasteiger partial charge in [0.05, 0.1) is 6.61 Å². The van der Waals surface area contributed by atoms with Crippen molar-refractivity contribution in [2.45, 2.75) is 31.3 Å². The zero-order valence-electron chi connectivity index (χ0n) is 7.79. The van der Waals surface area contributed by atoms with Crippen LogP contribution in [0.2, 0.25) is 0 Å². The lowest BCUT2D eigenvalue weighted by molar-refractivity contribution is -0.200. The monoisotopic (exact) mass is 206 g/mol. The molecule has 0 aromatic carbocycles. The Morgan fingerprint density at radius 1 is 1.43 bits per heavy atom. The van der Waals surface area contributed by atoms with E-state index in [2.05, 4.69) is 4.74 Å². The van der Waals surface area contributed by atoms with E-state index in [4.69, 9.17) is 9.84 Å². The minimum absolute atomic E-state index is 0.0792. The topological polar surface area (TPSA) is 96.2 Å². The van der Waals surface area contributed by atoms with Crippen molar-refractivity contribution in [1.82, 2.24) is 0 Å². The summed E-state index contributed by atoms with van der Waals surface area (Å²) < 4.78 is 9.60. The second-order valence-electron chi connectivity index (χ2n) is 3.22. The lowest BCUT2D eigenvalue weighted by Gasteiger charge is -2.34. The number of ether oxygens (including phenoxy) is 2. The van der Waals surface area contributed by atoms with Crippen LogP contribution in [0.1, 0.15) is 6.92 Å². The quantitative estimate of drug-likeness (QED) is 0.454. The first kappa shape index (κ1) is 11.4. The molecule has 6 nitrogen and oxygen atoms in total. The summed E-state index contributed by atoms with van der Waals surface area (Å²) in [5.41, 5.74) is 0. The molecule has 0 radical (unpaired) electrons. The molecule has 0 aromatic rings. The molecular formula is C8H14O6. The Balaban J connectivity index is 2.42. The molecule has 0 unspecified atom stereocenters. The van der Waals surface area contributed by atoms with Crippen molar-refractivity contribution in [3.63, 3.8) is 0 Å². The van der Waals surface area contributed by atoms with Gasteiger partial charge < -0.3 is 24.8 Å². The number of rotatable bonds is 2. The Bertz CT molecular complexity index is 206. The highest BCUT2D eigenvalue weighted by Gasteiger charge is 2.37. The summed E-state index contributed by atoms with van der Waals surface area (Å²) in [5, 5.41) is 27.8. The highest BCUT2D eigenvalue weighted by molar-refractivity contribution is 5.65. The van der Waals surface area contributed by atoms with Gasteiger partial charge >= 0.3 is 5.97 Å². The van der Waals surface area contributed by atoms with E-state index >= 15 is 0 Å². The summed E-state index contributed by atoms with van der Waals surface area (Å²) >= 11 is 0. The van der Waals surface area contributed by atoms with Crippen molar-refractivity contribution in [3.8, 4) is 0 Å². The van der Waals surface area contributed by atoms with Gasteiger partial charge in [-0.05, 0) is 0 Å². The molecule has 0 saturated carbocycles. The van der Waals surface area contributed by atoms with Gasteiger partial charge in [-0.15, -0.1) is 0 Å². The van der Waals surface area contributed by atoms with E-state index in [1.807, 2.05) is 0 Å². The van der Waals surface area contributed by atoms with Crippen molar-refractivity contribution in [2.24, 2.45) is 0 Å². The van der Waals surface area contributed by atoms with Gasteiger partial charge in [0.2, 0.25) is 0 Å². The molecule has 0 aliphatic carbocycles. The van der Waals surface area contributed by atoms with E-state index in [1.165, 1.54) is 6.92 Å². The van der Waals surface area contributed by atoms with Crippen molar-refractivity contribution < 1.29 is 29.6 Å². The van der Waals surface area contributed by atoms with Crippen LogP contribution in [0.25, 0.3) is 0 Å². The van der Waals surface area contributed by atoms with Crippen LogP contribution in [0, 0.1) is 0 Å². The van der Waals surface area contributed by atoms with E-state index in [9.17, 15) is 15.0 Å². The summed E-state index contributed by atoms with van der Waals surface area (Å²) in [4.78, 5) is 10.5. The maximum atomic E-state index is 10.5. The predicted octanol–water partition coefficient (Wildman–Crippen LogP) is -1.97. The van der Waals surface area contributed by atoms with E-state index in [0.717, 1.165) is 0 Å². The summed E-state index contributed by atoms with van der Waals surface area (Å²) in [6.07, 6.45) is -4.38. The van der Waals surface area contributed by atoms with E-state index in [1.54, 1.807) is 0 Å². The van der Waals surface area contributed by atoms with E-state index < -0.39 is 30.4 Å². The second-order valence-corrected chi connectivity index (χ2v) is 3.22. The van der Waals surface area contributed by atoms with Gasteiger partial charge in [-0.2, -0.15) is 0 Å². The smallest absolute Gasteiger partial charge is 0.302 e. The Morgan fingerprint density at radius 2 is 2.07 bits per heavy atom. The number of carbonyl (C=O) groups excluding carboxylic acids is 1. The van der Waals surface area contributed by atoms with Gasteiger partial charge in [-0.1, -0.05) is 0 Å². The average molecular weight is 206 g/mol. The maximum Gasteiger partial charge on any atom is 0.302 e. The Kier molecular flexibility index (Phi) is 3.82. The fourth-order valence-corrected chi connectivity index (χ4v) is 1.21. The molecule has 1 rings (SSSR count). The van der Waals surface area contributed by atoms with E-state index in [-0.39, 0.29) is 13.2 Å². The zero-order chi connectivity index (χ0) is 10.7. The number of hydrogen-bond donors (Lipinski definition) is 3. The molecule has 1 fully saturated rings. The standard InChI is InChI=1S/C8H14O6/c1-4(9)13-3-6-8(12)7(11)5(10)2-14-6/h5-8,10-12H,2-3H2,1H3/t5-,6+,7+,8+/m0/s1. The fraction of sp³-hybridized carbons (Fsp3) is 0.875. The van der Waals surface area contributed by atoms with E-state index in [0.29, 0.717) is 0 Å². The molecule has 1 saturated heterocycles. The first-order valence-corrected chi connectivity index (χ1v) is 4.31. The van der Waals surface area contributed by atoms with Gasteiger partial charge in [0.1, 0.15) is 31.0 Å². The second kappa shape index (κ2) is 4.70. The third-order valence-corrected chi connectivity index (χ3v) is 2.06. The zero-order valence-corrected chi connectivity index (χ0v) is 7.79. The van der Waals surface area contributed by atoms with Gasteiger partial charge in [-0.25, -0.2) is 0 Å². The third-order valence-electron chi connectivity index (χ3n) is 2.06. The van der Waals surface area contributed by atoms with Crippen LogP contribution in [-0.4, -0.2) is 58.9 Å². The number of aliphatic hydroxyl groups excluding tert-OH is 3. The van der Waals surface area contributed by atoms with Crippen molar-refractivity contribution in [1.29, 1.82) is 0 Å². The van der Waals surface area contributed by atoms with Crippen LogP contribution in [-0.2, 0) is 14.3 Å². The summed E-state index contributed by atoms with van der Waals surface area (Å²) in [5.74, 6) is -0.485. The summed E-state index contributed by atoms with van der Waals surface area (Å²) in [6.45, 7) is 1.03. The molecule has 0 aromatic heterocycles. The Morgan fingerprint density at radius 3 is 2.64 bits per heavy atom. The van der Waals surface area contributed by atoms with Crippen molar-refractivity contribution >= 4 is 5.97 Å². The molecule has 1 aliphatic rings. The molecule has 1 heterocycles. The predicted molar refractivity (Wildman–Crippen MR) is 44.4 cm³/mol. The van der Waals surface area contributed by atoms with Crippen LogP contribution in [0.4, 0.5) is 0 Å². The van der Waals surface area contributed by atoms with Crippen LogP contribution in [0.15, 0.2) is 0 Å². The molecule has 0 amide bonds. The lowest BCUT2D eigenvalue weighted by Crippen LogP contribution is -2.54. The van der Waals surface area contributed by atoms with Crippen LogP contribution < -0.4 is 0 Å². The fourth-order valence-electron chi connectivity index (χ4n) is 1.21. The minimum Gasteiger partial charge on any atom is -0.463 e. The highest BCUT2D eigenvalue weighted by atomic mass is 16.6. The molecule has 4 atom stereocenters. The van der Waals surface area contributed by atoms with Gasteiger partial charge in [0, 0.05) is 6.92 Å². The molecular weight excluding hydrogens is 192 g/mol. The minimum atomic E-state index is -1.26. The van der Waals surface area contributed by atoms with Gasteiger partial charge in [-0.3, -0.25) is 4.79 Å². The molecule has 82 valence electrons.